The normalized spacial score (nSPS) is 14.0. The summed E-state index contributed by atoms with van der Waals surface area (Å²) in [5.41, 5.74) is 3.52. The number of nitrogens with zero attached hydrogens (tertiary/aromatic N) is 1. The Balaban J connectivity index is 1.51. The molecule has 1 N–H and O–H groups in total. The maximum atomic E-state index is 13.8. The van der Waals surface area contributed by atoms with Crippen molar-refractivity contribution in [1.82, 2.24) is 0 Å². The van der Waals surface area contributed by atoms with E-state index in [1.54, 1.807) is 19.1 Å². The molecule has 1 aliphatic heterocycles. The predicted molar refractivity (Wildman–Crippen MR) is 109 cm³/mol. The lowest BCUT2D eigenvalue weighted by atomic mass is 10.1. The van der Waals surface area contributed by atoms with Gasteiger partial charge in [0.15, 0.2) is 0 Å². The molecule has 29 heavy (non-hydrogen) atoms. The zero-order valence-electron chi connectivity index (χ0n) is 16.3. The molecule has 2 aromatic carbocycles. The van der Waals surface area contributed by atoms with Gasteiger partial charge in [0.1, 0.15) is 17.3 Å². The highest BCUT2D eigenvalue weighted by molar-refractivity contribution is 6.20. The maximum Gasteiger partial charge on any atom is 0.234 e. The quantitative estimate of drug-likeness (QED) is 0.623. The number of anilines is 2. The van der Waals surface area contributed by atoms with Gasteiger partial charge in [0.05, 0.1) is 12.2 Å². The lowest BCUT2D eigenvalue weighted by molar-refractivity contribution is -0.121. The molecule has 0 saturated carbocycles. The van der Waals surface area contributed by atoms with Crippen LogP contribution in [-0.4, -0.2) is 11.8 Å². The number of furan rings is 1. The Labute approximate surface area is 168 Å². The van der Waals surface area contributed by atoms with E-state index in [0.717, 1.165) is 16.8 Å². The molecule has 0 atom stereocenters. The van der Waals surface area contributed by atoms with Crippen molar-refractivity contribution >= 4 is 23.2 Å². The summed E-state index contributed by atoms with van der Waals surface area (Å²) in [6, 6.07) is 14.1. The van der Waals surface area contributed by atoms with Gasteiger partial charge in [-0.15, -0.1) is 0 Å². The van der Waals surface area contributed by atoms with Gasteiger partial charge in [-0.1, -0.05) is 18.2 Å². The highest BCUT2D eigenvalue weighted by Crippen LogP contribution is 2.30. The van der Waals surface area contributed by atoms with Crippen LogP contribution in [0.25, 0.3) is 11.3 Å². The molecular formula is C23H21FN2O3. The van der Waals surface area contributed by atoms with Crippen molar-refractivity contribution < 1.29 is 18.4 Å². The van der Waals surface area contributed by atoms with Crippen molar-refractivity contribution in [2.45, 2.75) is 33.2 Å². The fourth-order valence-corrected chi connectivity index (χ4v) is 3.49. The monoisotopic (exact) mass is 392 g/mol. The molecule has 1 fully saturated rings. The van der Waals surface area contributed by atoms with E-state index in [1.807, 2.05) is 37.3 Å². The number of aryl methyl sites for hydroxylation is 1. The first-order valence-electron chi connectivity index (χ1n) is 9.48. The summed E-state index contributed by atoms with van der Waals surface area (Å²) in [6.45, 7) is 4.01. The Kier molecular flexibility index (Phi) is 4.92. The molecule has 1 aliphatic rings. The second kappa shape index (κ2) is 7.54. The molecule has 1 aromatic heterocycles. The van der Waals surface area contributed by atoms with Crippen LogP contribution in [-0.2, 0) is 16.1 Å². The molecule has 0 spiro atoms. The maximum absolute atomic E-state index is 13.8. The lowest BCUT2D eigenvalue weighted by Crippen LogP contribution is -2.29. The van der Waals surface area contributed by atoms with Gasteiger partial charge in [0.25, 0.3) is 0 Å². The van der Waals surface area contributed by atoms with Gasteiger partial charge in [0.2, 0.25) is 11.8 Å². The standard InChI is InChI=1S/C23H21FN2O3/c1-14-6-7-16(12-20(14)26-22(27)10-11-23(26)28)25-13-17-8-9-21(29-17)18-4-3-5-19(24)15(18)2/h3-9,12,25H,10-11,13H2,1-2H3. The third-order valence-corrected chi connectivity index (χ3v) is 5.16. The smallest absolute Gasteiger partial charge is 0.234 e. The van der Waals surface area contributed by atoms with E-state index in [1.165, 1.54) is 11.0 Å². The van der Waals surface area contributed by atoms with Gasteiger partial charge < -0.3 is 9.73 Å². The van der Waals surface area contributed by atoms with Crippen LogP contribution in [0.3, 0.4) is 0 Å². The molecule has 6 heteroatoms. The van der Waals surface area contributed by atoms with E-state index in [0.29, 0.717) is 29.3 Å². The highest BCUT2D eigenvalue weighted by Gasteiger charge is 2.31. The number of halogens is 1. The van der Waals surface area contributed by atoms with Crippen molar-refractivity contribution in [2.75, 3.05) is 10.2 Å². The second-order valence-electron chi connectivity index (χ2n) is 7.16. The van der Waals surface area contributed by atoms with Crippen LogP contribution in [0.1, 0.15) is 29.7 Å². The van der Waals surface area contributed by atoms with Crippen LogP contribution in [0.2, 0.25) is 0 Å². The fraction of sp³-hybridized carbons (Fsp3) is 0.217. The van der Waals surface area contributed by atoms with Gasteiger partial charge in [-0.05, 0) is 55.3 Å². The minimum Gasteiger partial charge on any atom is -0.459 e. The Morgan fingerprint density at radius 1 is 1.03 bits per heavy atom. The Morgan fingerprint density at radius 2 is 1.79 bits per heavy atom. The Morgan fingerprint density at radius 3 is 2.55 bits per heavy atom. The molecule has 3 aromatic rings. The number of carbonyl (C=O) groups is 2. The minimum absolute atomic E-state index is 0.170. The molecule has 4 rings (SSSR count). The van der Waals surface area contributed by atoms with Crippen LogP contribution in [0.5, 0.6) is 0 Å². The first kappa shape index (κ1) is 18.9. The molecule has 0 bridgehead atoms. The highest BCUT2D eigenvalue weighted by atomic mass is 19.1. The molecule has 2 amide bonds. The largest absolute Gasteiger partial charge is 0.459 e. The fourth-order valence-electron chi connectivity index (χ4n) is 3.49. The van der Waals surface area contributed by atoms with E-state index < -0.39 is 0 Å². The molecule has 0 radical (unpaired) electrons. The SMILES string of the molecule is Cc1ccc(NCc2ccc(-c3cccc(F)c3C)o2)cc1N1C(=O)CCC1=O. The number of hydrogen-bond donors (Lipinski definition) is 1. The van der Waals surface area contributed by atoms with E-state index >= 15 is 0 Å². The van der Waals surface area contributed by atoms with E-state index in [2.05, 4.69) is 5.32 Å². The number of rotatable bonds is 5. The Hall–Kier alpha value is -3.41. The molecule has 0 aliphatic carbocycles. The van der Waals surface area contributed by atoms with Crippen molar-refractivity contribution in [3.05, 3.63) is 71.2 Å². The second-order valence-corrected chi connectivity index (χ2v) is 7.16. The van der Waals surface area contributed by atoms with Crippen LogP contribution >= 0.6 is 0 Å². The van der Waals surface area contributed by atoms with Crippen molar-refractivity contribution in [2.24, 2.45) is 0 Å². The first-order chi connectivity index (χ1) is 13.9. The number of nitrogens with one attached hydrogen (secondary N) is 1. The number of carbonyl (C=O) groups excluding carboxylic acids is 2. The number of amides is 2. The lowest BCUT2D eigenvalue weighted by Gasteiger charge is -2.18. The van der Waals surface area contributed by atoms with Gasteiger partial charge in [-0.25, -0.2) is 4.39 Å². The van der Waals surface area contributed by atoms with Crippen LogP contribution in [0, 0.1) is 19.7 Å². The zero-order chi connectivity index (χ0) is 20.5. The third-order valence-electron chi connectivity index (χ3n) is 5.16. The molecule has 5 nitrogen and oxygen atoms in total. The van der Waals surface area contributed by atoms with Gasteiger partial charge in [-0.3, -0.25) is 14.5 Å². The van der Waals surface area contributed by atoms with E-state index in [4.69, 9.17) is 4.42 Å². The van der Waals surface area contributed by atoms with Crippen molar-refractivity contribution in [1.29, 1.82) is 0 Å². The van der Waals surface area contributed by atoms with Crippen LogP contribution in [0.15, 0.2) is 52.9 Å². The number of hydrogen-bond acceptors (Lipinski definition) is 4. The van der Waals surface area contributed by atoms with Gasteiger partial charge in [-0.2, -0.15) is 0 Å². The predicted octanol–water partition coefficient (Wildman–Crippen LogP) is 4.97. The Bertz CT molecular complexity index is 1090. The summed E-state index contributed by atoms with van der Waals surface area (Å²) in [6.07, 6.45) is 0.509. The number of imide groups is 1. The molecule has 2 heterocycles. The minimum atomic E-state index is -0.267. The summed E-state index contributed by atoms with van der Waals surface area (Å²) >= 11 is 0. The van der Waals surface area contributed by atoms with Gasteiger partial charge >= 0.3 is 0 Å². The number of benzene rings is 2. The van der Waals surface area contributed by atoms with Crippen LogP contribution in [0.4, 0.5) is 15.8 Å². The molecule has 0 unspecified atom stereocenters. The third kappa shape index (κ3) is 3.66. The first-order valence-corrected chi connectivity index (χ1v) is 9.48. The van der Waals surface area contributed by atoms with Crippen LogP contribution < -0.4 is 10.2 Å². The van der Waals surface area contributed by atoms with E-state index in [-0.39, 0.29) is 30.5 Å². The summed E-state index contributed by atoms with van der Waals surface area (Å²) in [7, 11) is 0. The summed E-state index contributed by atoms with van der Waals surface area (Å²) in [4.78, 5) is 25.4. The topological polar surface area (TPSA) is 62.6 Å². The zero-order valence-corrected chi connectivity index (χ0v) is 16.3. The molecular weight excluding hydrogens is 371 g/mol. The average Bonchev–Trinajstić information content (AvgIpc) is 3.30. The van der Waals surface area contributed by atoms with Crippen molar-refractivity contribution in [3.8, 4) is 11.3 Å². The van der Waals surface area contributed by atoms with Crippen molar-refractivity contribution in [3.63, 3.8) is 0 Å². The molecule has 148 valence electrons. The van der Waals surface area contributed by atoms with Gasteiger partial charge in [0, 0.05) is 24.1 Å². The summed E-state index contributed by atoms with van der Waals surface area (Å²) in [5, 5.41) is 3.26. The summed E-state index contributed by atoms with van der Waals surface area (Å²) < 4.78 is 19.7. The average molecular weight is 392 g/mol. The summed E-state index contributed by atoms with van der Waals surface area (Å²) in [5.74, 6) is 0.695. The molecule has 1 saturated heterocycles. The van der Waals surface area contributed by atoms with E-state index in [9.17, 15) is 14.0 Å².